The average molecular weight is 410 g/mol. The van der Waals surface area contributed by atoms with Crippen molar-refractivity contribution in [1.29, 1.82) is 0 Å². The second-order valence-electron chi connectivity index (χ2n) is 7.70. The van der Waals surface area contributed by atoms with Crippen LogP contribution in [0.2, 0.25) is 0 Å². The molecule has 154 valence electrons. The Labute approximate surface area is 180 Å². The predicted octanol–water partition coefficient (Wildman–Crippen LogP) is 5.92. The lowest BCUT2D eigenvalue weighted by Crippen LogP contribution is -2.18. The molecule has 4 aromatic rings. The Kier molecular flexibility index (Phi) is 4.96. The highest BCUT2D eigenvalue weighted by molar-refractivity contribution is 5.82. The lowest BCUT2D eigenvalue weighted by molar-refractivity contribution is -0.384. The van der Waals surface area contributed by atoms with E-state index >= 15 is 0 Å². The summed E-state index contributed by atoms with van der Waals surface area (Å²) in [4.78, 5) is 21.9. The summed E-state index contributed by atoms with van der Waals surface area (Å²) in [7, 11) is 0. The molecule has 1 aliphatic rings. The second-order valence-corrected chi connectivity index (χ2v) is 7.70. The molecule has 1 fully saturated rings. The number of nitrogens with zero attached hydrogens (tertiary/aromatic N) is 3. The highest BCUT2D eigenvalue weighted by Gasteiger charge is 2.24. The minimum Gasteiger partial charge on any atom is -0.366 e. The van der Waals surface area contributed by atoms with Gasteiger partial charge in [-0.3, -0.25) is 10.1 Å². The van der Waals surface area contributed by atoms with E-state index in [0.717, 1.165) is 48.4 Å². The van der Waals surface area contributed by atoms with Crippen molar-refractivity contribution in [3.05, 3.63) is 89.0 Å². The van der Waals surface area contributed by atoms with Crippen molar-refractivity contribution in [2.24, 2.45) is 0 Å². The van der Waals surface area contributed by atoms with Gasteiger partial charge in [0.1, 0.15) is 11.5 Å². The topological polar surface area (TPSA) is 75.1 Å². The number of nitro groups is 1. The Morgan fingerprint density at radius 1 is 0.839 bits per heavy atom. The van der Waals surface area contributed by atoms with Crippen LogP contribution >= 0.6 is 0 Å². The van der Waals surface area contributed by atoms with Crippen LogP contribution in [0.4, 0.5) is 11.4 Å². The van der Waals surface area contributed by atoms with Crippen molar-refractivity contribution < 1.29 is 4.92 Å². The van der Waals surface area contributed by atoms with E-state index in [1.54, 1.807) is 6.07 Å². The van der Waals surface area contributed by atoms with Gasteiger partial charge in [-0.1, -0.05) is 60.7 Å². The van der Waals surface area contributed by atoms with Crippen molar-refractivity contribution in [3.8, 4) is 33.9 Å². The Hall–Kier alpha value is -3.93. The van der Waals surface area contributed by atoms with Gasteiger partial charge in [-0.05, 0) is 25.0 Å². The summed E-state index contributed by atoms with van der Waals surface area (Å²) in [6, 6.07) is 25.4. The summed E-state index contributed by atoms with van der Waals surface area (Å²) in [5.74, 6) is 0.619. The average Bonchev–Trinajstić information content (AvgIpc) is 3.50. The number of anilines is 1. The molecule has 0 radical (unpaired) electrons. The van der Waals surface area contributed by atoms with Crippen molar-refractivity contribution >= 4 is 11.4 Å². The fourth-order valence-corrected chi connectivity index (χ4v) is 4.17. The number of nitro benzene ring substituents is 1. The fraction of sp³-hybridized carbons (Fsp3) is 0.160. The van der Waals surface area contributed by atoms with Gasteiger partial charge < -0.3 is 9.88 Å². The zero-order valence-corrected chi connectivity index (χ0v) is 17.0. The van der Waals surface area contributed by atoms with Crippen LogP contribution in [-0.4, -0.2) is 28.0 Å². The Morgan fingerprint density at radius 2 is 1.48 bits per heavy atom. The second kappa shape index (κ2) is 8.07. The van der Waals surface area contributed by atoms with Crippen LogP contribution in [0.15, 0.2) is 78.9 Å². The largest absolute Gasteiger partial charge is 0.366 e. The van der Waals surface area contributed by atoms with Gasteiger partial charge in [0.25, 0.3) is 5.69 Å². The Balaban J connectivity index is 1.63. The van der Waals surface area contributed by atoms with Crippen LogP contribution in [0, 0.1) is 10.1 Å². The van der Waals surface area contributed by atoms with E-state index in [-0.39, 0.29) is 10.6 Å². The van der Waals surface area contributed by atoms with Crippen LogP contribution < -0.4 is 4.90 Å². The van der Waals surface area contributed by atoms with E-state index in [1.165, 1.54) is 0 Å². The lowest BCUT2D eigenvalue weighted by atomic mass is 10.1. The van der Waals surface area contributed by atoms with Gasteiger partial charge >= 0.3 is 0 Å². The Bertz CT molecular complexity index is 1160. The molecule has 1 saturated heterocycles. The van der Waals surface area contributed by atoms with Crippen LogP contribution in [0.1, 0.15) is 12.8 Å². The quantitative estimate of drug-likeness (QED) is 0.327. The van der Waals surface area contributed by atoms with Gasteiger partial charge in [0.15, 0.2) is 0 Å². The van der Waals surface area contributed by atoms with Crippen LogP contribution in [0.25, 0.3) is 33.9 Å². The summed E-state index contributed by atoms with van der Waals surface area (Å²) < 4.78 is 0. The van der Waals surface area contributed by atoms with E-state index in [1.807, 2.05) is 72.8 Å². The molecular formula is C25H22N4O2. The summed E-state index contributed by atoms with van der Waals surface area (Å²) in [6.07, 6.45) is 2.13. The molecule has 0 unspecified atom stereocenters. The molecule has 0 atom stereocenters. The SMILES string of the molecule is O=[N+]([O-])c1cc(-c2nc(-c3ccccc3)c(-c3ccccc3)[nH]2)ccc1N1CCCC1. The molecule has 2 heterocycles. The third kappa shape index (κ3) is 3.68. The van der Waals surface area contributed by atoms with Gasteiger partial charge in [-0.2, -0.15) is 0 Å². The number of hydrogen-bond acceptors (Lipinski definition) is 4. The van der Waals surface area contributed by atoms with Crippen molar-refractivity contribution in [2.45, 2.75) is 12.8 Å². The molecule has 0 spiro atoms. The predicted molar refractivity (Wildman–Crippen MR) is 123 cm³/mol. The van der Waals surface area contributed by atoms with E-state index in [9.17, 15) is 10.1 Å². The highest BCUT2D eigenvalue weighted by Crippen LogP contribution is 2.37. The molecule has 0 bridgehead atoms. The maximum atomic E-state index is 11.8. The van der Waals surface area contributed by atoms with Gasteiger partial charge in [-0.15, -0.1) is 0 Å². The van der Waals surface area contributed by atoms with E-state index in [0.29, 0.717) is 17.1 Å². The van der Waals surface area contributed by atoms with Crippen LogP contribution in [0.5, 0.6) is 0 Å². The summed E-state index contributed by atoms with van der Waals surface area (Å²) in [5.41, 5.74) is 5.24. The molecule has 3 aromatic carbocycles. The van der Waals surface area contributed by atoms with E-state index in [4.69, 9.17) is 4.98 Å². The number of hydrogen-bond donors (Lipinski definition) is 1. The van der Waals surface area contributed by atoms with Crippen LogP contribution in [0.3, 0.4) is 0 Å². The molecule has 0 amide bonds. The smallest absolute Gasteiger partial charge is 0.293 e. The number of aromatic amines is 1. The minimum absolute atomic E-state index is 0.123. The molecular weight excluding hydrogens is 388 g/mol. The lowest BCUT2D eigenvalue weighted by Gasteiger charge is -2.17. The molecule has 0 aliphatic carbocycles. The number of rotatable bonds is 5. The Morgan fingerprint density at radius 3 is 2.13 bits per heavy atom. The third-order valence-corrected chi connectivity index (χ3v) is 5.71. The maximum Gasteiger partial charge on any atom is 0.293 e. The summed E-state index contributed by atoms with van der Waals surface area (Å²) in [6.45, 7) is 1.72. The first-order valence-corrected chi connectivity index (χ1v) is 10.5. The maximum absolute atomic E-state index is 11.8. The summed E-state index contributed by atoms with van der Waals surface area (Å²) >= 11 is 0. The molecule has 5 rings (SSSR count). The first-order valence-electron chi connectivity index (χ1n) is 10.5. The van der Waals surface area contributed by atoms with Gasteiger partial charge in [-0.25, -0.2) is 4.98 Å². The minimum atomic E-state index is -0.295. The number of imidazole rings is 1. The van der Waals surface area contributed by atoms with Crippen molar-refractivity contribution in [2.75, 3.05) is 18.0 Å². The van der Waals surface area contributed by atoms with E-state index in [2.05, 4.69) is 9.88 Å². The third-order valence-electron chi connectivity index (χ3n) is 5.71. The molecule has 1 aromatic heterocycles. The monoisotopic (exact) mass is 410 g/mol. The zero-order valence-electron chi connectivity index (χ0n) is 17.0. The zero-order chi connectivity index (χ0) is 21.2. The normalized spacial score (nSPS) is 13.5. The number of benzene rings is 3. The van der Waals surface area contributed by atoms with Gasteiger partial charge in [0.05, 0.1) is 16.3 Å². The molecule has 6 nitrogen and oxygen atoms in total. The van der Waals surface area contributed by atoms with Crippen molar-refractivity contribution in [3.63, 3.8) is 0 Å². The first kappa shape index (κ1) is 19.1. The highest BCUT2D eigenvalue weighted by atomic mass is 16.6. The number of H-pyrrole nitrogens is 1. The fourth-order valence-electron chi connectivity index (χ4n) is 4.17. The van der Waals surface area contributed by atoms with Crippen LogP contribution in [-0.2, 0) is 0 Å². The van der Waals surface area contributed by atoms with Gasteiger partial charge in [0, 0.05) is 35.8 Å². The van der Waals surface area contributed by atoms with E-state index < -0.39 is 0 Å². The molecule has 1 N–H and O–H groups in total. The number of nitrogens with one attached hydrogen (secondary N) is 1. The first-order chi connectivity index (χ1) is 15.2. The summed E-state index contributed by atoms with van der Waals surface area (Å²) in [5, 5.41) is 11.8. The molecule has 6 heteroatoms. The standard InChI is InChI=1S/C25H22N4O2/c30-29(31)22-17-20(13-14-21(22)28-15-7-8-16-28)25-26-23(18-9-3-1-4-10-18)24(27-25)19-11-5-2-6-12-19/h1-6,9-14,17H,7-8,15-16H2,(H,26,27). The molecule has 0 saturated carbocycles. The molecule has 1 aliphatic heterocycles. The van der Waals surface area contributed by atoms with Gasteiger partial charge in [0.2, 0.25) is 0 Å². The number of aromatic nitrogens is 2. The van der Waals surface area contributed by atoms with Crippen molar-refractivity contribution in [1.82, 2.24) is 9.97 Å². The molecule has 31 heavy (non-hydrogen) atoms.